The van der Waals surface area contributed by atoms with Gasteiger partial charge in [-0.05, 0) is 55.5 Å². The largest absolute Gasteiger partial charge is 0.748 e. The number of anilines is 2. The van der Waals surface area contributed by atoms with E-state index in [1.165, 1.54) is 5.56 Å². The van der Waals surface area contributed by atoms with E-state index in [0.29, 0.717) is 13.0 Å². The van der Waals surface area contributed by atoms with Crippen molar-refractivity contribution in [2.24, 2.45) is 0 Å². The molecule has 0 bridgehead atoms. The number of unbranched alkanes of at least 4 members (excludes halogenated alkanes) is 2. The molecule has 2 aromatic heterocycles. The number of carboxylic acid groups (broad SMARTS) is 1. The lowest BCUT2D eigenvalue weighted by Gasteiger charge is -2.26. The summed E-state index contributed by atoms with van der Waals surface area (Å²) in [5.74, 6) is 0.689. The second kappa shape index (κ2) is 13.4. The molecule has 2 N–H and O–H groups in total. The fourth-order valence-electron chi connectivity index (χ4n) is 6.66. The van der Waals surface area contributed by atoms with Crippen LogP contribution in [0.1, 0.15) is 70.9 Å². The molecular weight excluding hydrogens is 600 g/mol. The lowest BCUT2D eigenvalue weighted by atomic mass is 9.80. The number of allylic oxidation sites excluding steroid dienone is 3. The number of hydrogen-bond acceptors (Lipinski definition) is 7. The number of aryl methyl sites for hydroxylation is 1. The van der Waals surface area contributed by atoms with Crippen LogP contribution in [0.3, 0.4) is 0 Å². The molecule has 0 amide bonds. The number of nitrogens with one attached hydrogen (secondary N) is 1. The van der Waals surface area contributed by atoms with E-state index in [1.807, 2.05) is 35.2 Å². The first-order valence-corrected chi connectivity index (χ1v) is 17.5. The van der Waals surface area contributed by atoms with Crippen LogP contribution in [0, 0.1) is 0 Å². The van der Waals surface area contributed by atoms with Crippen LogP contribution >= 0.6 is 0 Å². The first-order valence-electron chi connectivity index (χ1n) is 16.0. The van der Waals surface area contributed by atoms with E-state index >= 15 is 0 Å². The molecule has 0 radical (unpaired) electrons. The summed E-state index contributed by atoms with van der Waals surface area (Å²) in [5.41, 5.74) is 4.96. The summed E-state index contributed by atoms with van der Waals surface area (Å²) in [4.78, 5) is 17.6. The minimum absolute atomic E-state index is 0.00675. The van der Waals surface area contributed by atoms with Crippen molar-refractivity contribution in [3.05, 3.63) is 96.0 Å². The number of aromatic nitrogens is 2. The van der Waals surface area contributed by atoms with Gasteiger partial charge in [-0.3, -0.25) is 10.1 Å². The van der Waals surface area contributed by atoms with E-state index in [-0.39, 0.29) is 29.7 Å². The van der Waals surface area contributed by atoms with Crippen molar-refractivity contribution in [2.45, 2.75) is 83.2 Å². The van der Waals surface area contributed by atoms with E-state index in [1.54, 1.807) is 6.20 Å². The molecule has 244 valence electrons. The Labute approximate surface area is 272 Å². The maximum Gasteiger partial charge on any atom is 0.303 e. The molecule has 0 fully saturated rings. The first kappa shape index (κ1) is 33.3. The number of nitrogens with zero attached hydrogens (tertiary/aromatic N) is 3. The minimum atomic E-state index is -4.31. The van der Waals surface area contributed by atoms with Gasteiger partial charge >= 0.3 is 5.97 Å². The van der Waals surface area contributed by atoms with Crippen LogP contribution in [0.5, 0.6) is 0 Å². The number of fused-ring (bicyclic) bond motifs is 2. The lowest BCUT2D eigenvalue weighted by Crippen LogP contribution is -2.37. The number of hydrogen-bond donors (Lipinski definition) is 2. The monoisotopic (exact) mass is 644 g/mol. The summed E-state index contributed by atoms with van der Waals surface area (Å²) in [5, 5.41) is 12.8. The molecule has 0 saturated carbocycles. The number of carbonyl (C=O) groups is 1. The van der Waals surface area contributed by atoms with Crippen molar-refractivity contribution >= 4 is 27.7 Å². The van der Waals surface area contributed by atoms with Gasteiger partial charge in [-0.1, -0.05) is 70.2 Å². The molecule has 5 rings (SSSR count). The van der Waals surface area contributed by atoms with Crippen molar-refractivity contribution in [1.29, 1.82) is 0 Å². The molecule has 0 saturated heterocycles. The molecule has 1 unspecified atom stereocenters. The average Bonchev–Trinajstić information content (AvgIpc) is 3.38. The Balaban J connectivity index is 1.43. The maximum absolute atomic E-state index is 11.3. The zero-order chi connectivity index (χ0) is 33.1. The Bertz CT molecular complexity index is 1750. The smallest absolute Gasteiger partial charge is 0.303 e. The van der Waals surface area contributed by atoms with E-state index in [0.717, 1.165) is 53.4 Å². The fourth-order valence-corrected chi connectivity index (χ4v) is 7.14. The van der Waals surface area contributed by atoms with Crippen molar-refractivity contribution in [2.75, 3.05) is 22.5 Å². The third-order valence-corrected chi connectivity index (χ3v) is 10.1. The van der Waals surface area contributed by atoms with Crippen LogP contribution in [0.15, 0.2) is 84.8 Å². The predicted molar refractivity (Wildman–Crippen MR) is 180 cm³/mol. The normalized spacial score (nSPS) is 18.9. The Hall–Kier alpha value is -4.02. The third kappa shape index (κ3) is 7.18. The van der Waals surface area contributed by atoms with Gasteiger partial charge in [-0.15, -0.1) is 0 Å². The molecule has 3 aromatic rings. The molecular formula is C36H44N4O5S. The van der Waals surface area contributed by atoms with Crippen LogP contribution in [0.2, 0.25) is 0 Å². The zero-order valence-corrected chi connectivity index (χ0v) is 27.9. The second-order valence-corrected chi connectivity index (χ2v) is 14.8. The molecule has 0 spiro atoms. The van der Waals surface area contributed by atoms with Gasteiger partial charge in [0.2, 0.25) is 0 Å². The maximum atomic E-state index is 11.3. The van der Waals surface area contributed by atoms with Crippen LogP contribution in [0.4, 0.5) is 11.6 Å². The van der Waals surface area contributed by atoms with Crippen LogP contribution in [-0.4, -0.2) is 47.4 Å². The van der Waals surface area contributed by atoms with Gasteiger partial charge < -0.3 is 14.6 Å². The highest BCUT2D eigenvalue weighted by Gasteiger charge is 2.45. The van der Waals surface area contributed by atoms with Gasteiger partial charge in [0.15, 0.2) is 0 Å². The SMILES string of the molecule is CC1(C)/C(=C/C=C/C2Nc3c(cc(-c4ccccc4)c[n+]3CCCCCC(=O)O)C2(C)C)N(CCCS(=O)(=O)[O-])c2ncccc21. The van der Waals surface area contributed by atoms with Crippen LogP contribution in [-0.2, 0) is 32.3 Å². The fraction of sp³-hybridized carbons (Fsp3) is 0.417. The quantitative estimate of drug-likeness (QED) is 0.133. The molecule has 1 atom stereocenters. The minimum Gasteiger partial charge on any atom is -0.748 e. The number of rotatable bonds is 13. The highest BCUT2D eigenvalue weighted by molar-refractivity contribution is 7.85. The summed E-state index contributed by atoms with van der Waals surface area (Å²) < 4.78 is 36.3. The van der Waals surface area contributed by atoms with Crippen molar-refractivity contribution in [3.8, 4) is 11.1 Å². The van der Waals surface area contributed by atoms with E-state index in [9.17, 15) is 17.8 Å². The van der Waals surface area contributed by atoms with Gasteiger partial charge in [0.25, 0.3) is 5.82 Å². The number of pyridine rings is 2. The van der Waals surface area contributed by atoms with E-state index in [4.69, 9.17) is 5.11 Å². The number of carboxylic acids is 1. The van der Waals surface area contributed by atoms with Gasteiger partial charge in [-0.25, -0.2) is 18.0 Å². The van der Waals surface area contributed by atoms with Crippen LogP contribution < -0.4 is 14.8 Å². The van der Waals surface area contributed by atoms with Gasteiger partial charge in [0.1, 0.15) is 11.9 Å². The average molecular weight is 645 g/mol. The number of aliphatic carboxylic acids is 1. The Morgan fingerprint density at radius 3 is 2.52 bits per heavy atom. The molecule has 46 heavy (non-hydrogen) atoms. The Morgan fingerprint density at radius 1 is 1.04 bits per heavy atom. The molecule has 0 aliphatic carbocycles. The highest BCUT2D eigenvalue weighted by Crippen LogP contribution is 2.47. The van der Waals surface area contributed by atoms with Gasteiger partial charge in [0.05, 0.1) is 28.4 Å². The van der Waals surface area contributed by atoms with E-state index in [2.05, 4.69) is 85.2 Å². The Kier molecular flexibility index (Phi) is 9.70. The van der Waals surface area contributed by atoms with Gasteiger partial charge in [0, 0.05) is 52.6 Å². The van der Waals surface area contributed by atoms with Crippen molar-refractivity contribution in [1.82, 2.24) is 4.98 Å². The first-order chi connectivity index (χ1) is 21.8. The number of benzene rings is 1. The standard InChI is InChI=1S/C36H44N4O5S/c1-35(2)29-24-27(26-14-7-5-8-15-26)25-39(21-10-6-9-19-32(41)42)34(29)38-30(35)17-11-18-31-36(3,4)28-16-12-20-37-33(28)40(31)22-13-23-46(43,44)45/h5,7-8,11-12,14-18,20,24-25,30H,6,9-10,13,19,21-23H2,1-4H3,(H2,41,42,43,44,45)/b17-11+,31-18-. The summed E-state index contributed by atoms with van der Waals surface area (Å²) in [7, 11) is -4.31. The van der Waals surface area contributed by atoms with Crippen LogP contribution in [0.25, 0.3) is 11.1 Å². The van der Waals surface area contributed by atoms with Crippen molar-refractivity contribution in [3.63, 3.8) is 0 Å². The second-order valence-electron chi connectivity index (χ2n) is 13.3. The zero-order valence-electron chi connectivity index (χ0n) is 27.1. The predicted octanol–water partition coefficient (Wildman–Crippen LogP) is 5.93. The van der Waals surface area contributed by atoms with E-state index < -0.39 is 21.8 Å². The molecule has 4 heterocycles. The Morgan fingerprint density at radius 2 is 1.80 bits per heavy atom. The third-order valence-electron chi connectivity index (χ3n) is 9.28. The topological polar surface area (TPSA) is 127 Å². The van der Waals surface area contributed by atoms with Gasteiger partial charge in [-0.2, -0.15) is 0 Å². The molecule has 1 aromatic carbocycles. The lowest BCUT2D eigenvalue weighted by molar-refractivity contribution is -0.683. The summed E-state index contributed by atoms with van der Waals surface area (Å²) >= 11 is 0. The highest BCUT2D eigenvalue weighted by atomic mass is 32.2. The summed E-state index contributed by atoms with van der Waals surface area (Å²) in [6.45, 7) is 9.91. The molecule has 2 aliphatic rings. The van der Waals surface area contributed by atoms with Crippen molar-refractivity contribution < 1.29 is 27.4 Å². The summed E-state index contributed by atoms with van der Waals surface area (Å²) in [6.07, 6.45) is 13.0. The summed E-state index contributed by atoms with van der Waals surface area (Å²) in [6, 6.07) is 16.6. The molecule has 10 heteroatoms. The molecule has 9 nitrogen and oxygen atoms in total. The molecule has 2 aliphatic heterocycles.